The molecule has 4 heteroatoms. The van der Waals surface area contributed by atoms with Crippen LogP contribution in [0.15, 0.2) is 22.6 Å². The van der Waals surface area contributed by atoms with Gasteiger partial charge in [-0.15, -0.1) is 0 Å². The second-order valence-electron chi connectivity index (χ2n) is 5.27. The predicted octanol–water partition coefficient (Wildman–Crippen LogP) is 4.14. The Bertz CT molecular complexity index is 536. The maximum absolute atomic E-state index is 5.74. The zero-order valence-electron chi connectivity index (χ0n) is 12.4. The van der Waals surface area contributed by atoms with Crippen molar-refractivity contribution >= 4 is 16.8 Å². The van der Waals surface area contributed by atoms with Crippen LogP contribution in [-0.4, -0.2) is 11.6 Å². The molecule has 2 aromatic rings. The Labute approximate surface area is 120 Å². The number of rotatable bonds is 8. The summed E-state index contributed by atoms with van der Waals surface area (Å²) in [4.78, 5) is 4.39. The Balaban J connectivity index is 1.86. The molecular weight excluding hydrogens is 252 g/mol. The number of unbranched alkanes of at least 4 members (excludes halogenated alkanes) is 1. The fourth-order valence-corrected chi connectivity index (χ4v) is 2.26. The molecule has 0 aliphatic heterocycles. The third-order valence-corrected chi connectivity index (χ3v) is 3.58. The van der Waals surface area contributed by atoms with Crippen LogP contribution in [0.25, 0.3) is 11.1 Å². The van der Waals surface area contributed by atoms with Gasteiger partial charge in [-0.3, -0.25) is 0 Å². The summed E-state index contributed by atoms with van der Waals surface area (Å²) in [5, 5.41) is 0. The van der Waals surface area contributed by atoms with Crippen LogP contribution in [0.4, 0.5) is 5.69 Å². The number of hydrogen-bond donors (Lipinski definition) is 1. The molecule has 0 bridgehead atoms. The second-order valence-corrected chi connectivity index (χ2v) is 5.27. The maximum Gasteiger partial charge on any atom is 0.221 e. The number of nitrogen functional groups attached to an aromatic ring is 1. The highest BCUT2D eigenvalue weighted by Crippen LogP contribution is 2.19. The zero-order chi connectivity index (χ0) is 14.4. The number of benzene rings is 1. The molecule has 0 fully saturated rings. The molecule has 2 N–H and O–H groups in total. The highest BCUT2D eigenvalue weighted by Gasteiger charge is 2.09. The van der Waals surface area contributed by atoms with Crippen LogP contribution in [0.5, 0.6) is 0 Å². The van der Waals surface area contributed by atoms with Crippen molar-refractivity contribution in [2.75, 3.05) is 12.3 Å². The highest BCUT2D eigenvalue weighted by molar-refractivity contribution is 5.76. The molecule has 0 saturated carbocycles. The summed E-state index contributed by atoms with van der Waals surface area (Å²) in [7, 11) is 0. The van der Waals surface area contributed by atoms with Gasteiger partial charge >= 0.3 is 0 Å². The second kappa shape index (κ2) is 7.29. The maximum atomic E-state index is 5.74. The molecule has 0 aliphatic carbocycles. The van der Waals surface area contributed by atoms with Gasteiger partial charge in [-0.1, -0.05) is 33.1 Å². The molecule has 0 spiro atoms. The molecule has 0 aliphatic rings. The minimum absolute atomic E-state index is 0.428. The van der Waals surface area contributed by atoms with Crippen LogP contribution >= 0.6 is 0 Å². The largest absolute Gasteiger partial charge is 0.438 e. The van der Waals surface area contributed by atoms with Crippen LogP contribution in [0.2, 0.25) is 0 Å². The lowest BCUT2D eigenvalue weighted by molar-refractivity contribution is 0.0691. The highest BCUT2D eigenvalue weighted by atomic mass is 16.5. The van der Waals surface area contributed by atoms with Gasteiger partial charge in [-0.05, 0) is 30.5 Å². The van der Waals surface area contributed by atoms with Crippen molar-refractivity contribution in [3.05, 3.63) is 24.1 Å². The summed E-state index contributed by atoms with van der Waals surface area (Å²) in [6.45, 7) is 5.64. The Morgan fingerprint density at radius 2 is 2.20 bits per heavy atom. The molecule has 1 heterocycles. The van der Waals surface area contributed by atoms with Crippen LogP contribution in [0.3, 0.4) is 0 Å². The Kier molecular flexibility index (Phi) is 5.41. The number of hydrogen-bond acceptors (Lipinski definition) is 4. The lowest BCUT2D eigenvalue weighted by Crippen LogP contribution is -2.08. The summed E-state index contributed by atoms with van der Waals surface area (Å²) < 4.78 is 11.4. The van der Waals surface area contributed by atoms with Gasteiger partial charge in [0.2, 0.25) is 5.89 Å². The van der Waals surface area contributed by atoms with Gasteiger partial charge in [0, 0.05) is 5.69 Å². The normalized spacial score (nSPS) is 12.9. The van der Waals surface area contributed by atoms with Crippen LogP contribution < -0.4 is 5.73 Å². The molecule has 20 heavy (non-hydrogen) atoms. The smallest absolute Gasteiger partial charge is 0.221 e. The third kappa shape index (κ3) is 3.97. The van der Waals surface area contributed by atoms with E-state index in [2.05, 4.69) is 18.8 Å². The van der Waals surface area contributed by atoms with Crippen molar-refractivity contribution in [2.24, 2.45) is 5.92 Å². The van der Waals surface area contributed by atoms with E-state index < -0.39 is 0 Å². The minimum atomic E-state index is 0.428. The molecule has 4 nitrogen and oxygen atoms in total. The first-order valence-corrected chi connectivity index (χ1v) is 7.45. The number of oxazole rings is 1. The molecule has 110 valence electrons. The molecular formula is C16H24N2O2. The van der Waals surface area contributed by atoms with E-state index in [-0.39, 0.29) is 0 Å². The number of nitrogens with zero attached hydrogens (tertiary/aromatic N) is 1. The van der Waals surface area contributed by atoms with Gasteiger partial charge in [0.1, 0.15) is 12.1 Å². The monoisotopic (exact) mass is 276 g/mol. The van der Waals surface area contributed by atoms with Gasteiger partial charge in [-0.25, -0.2) is 4.98 Å². The standard InChI is InChI=1S/C16H24N2O2/c1-3-5-6-12(4-2)10-19-11-16-18-14-9-13(17)7-8-15(14)20-16/h7-9,12H,3-6,10-11,17H2,1-2H3. The average molecular weight is 276 g/mol. The van der Waals surface area contributed by atoms with Gasteiger partial charge in [0.05, 0.1) is 6.61 Å². The van der Waals surface area contributed by atoms with Gasteiger partial charge in [0.15, 0.2) is 5.58 Å². The SMILES string of the molecule is CCCCC(CC)COCc1nc2cc(N)ccc2o1. The first-order valence-electron chi connectivity index (χ1n) is 7.45. The van der Waals surface area contributed by atoms with Crippen LogP contribution in [0.1, 0.15) is 45.4 Å². The summed E-state index contributed by atoms with van der Waals surface area (Å²) in [5.74, 6) is 1.26. The van der Waals surface area contributed by atoms with E-state index in [1.165, 1.54) is 19.3 Å². The Morgan fingerprint density at radius 3 is 2.95 bits per heavy atom. The zero-order valence-corrected chi connectivity index (χ0v) is 12.4. The van der Waals surface area contributed by atoms with Crippen LogP contribution in [0, 0.1) is 5.92 Å². The lowest BCUT2D eigenvalue weighted by Gasteiger charge is -2.13. The van der Waals surface area contributed by atoms with E-state index in [4.69, 9.17) is 14.9 Å². The molecule has 0 saturated heterocycles. The third-order valence-electron chi connectivity index (χ3n) is 3.58. The molecule has 1 aromatic carbocycles. The van der Waals surface area contributed by atoms with E-state index in [9.17, 15) is 0 Å². The summed E-state index contributed by atoms with van der Waals surface area (Å²) >= 11 is 0. The number of ether oxygens (including phenoxy) is 1. The number of anilines is 1. The van der Waals surface area contributed by atoms with E-state index in [1.54, 1.807) is 0 Å². The topological polar surface area (TPSA) is 61.3 Å². The predicted molar refractivity (Wildman–Crippen MR) is 81.4 cm³/mol. The number of nitrogens with two attached hydrogens (primary N) is 1. The van der Waals surface area contributed by atoms with Crippen molar-refractivity contribution in [3.63, 3.8) is 0 Å². The van der Waals surface area contributed by atoms with Crippen molar-refractivity contribution in [2.45, 2.75) is 46.1 Å². The first kappa shape index (κ1) is 14.9. The molecule has 1 unspecified atom stereocenters. The fourth-order valence-electron chi connectivity index (χ4n) is 2.26. The first-order chi connectivity index (χ1) is 9.72. The van der Waals surface area contributed by atoms with E-state index in [0.717, 1.165) is 24.1 Å². The molecule has 0 amide bonds. The summed E-state index contributed by atoms with van der Waals surface area (Å²) in [5.41, 5.74) is 7.98. The fraction of sp³-hybridized carbons (Fsp3) is 0.562. The van der Waals surface area contributed by atoms with Crippen molar-refractivity contribution in [3.8, 4) is 0 Å². The van der Waals surface area contributed by atoms with Crippen LogP contribution in [-0.2, 0) is 11.3 Å². The van der Waals surface area contributed by atoms with E-state index >= 15 is 0 Å². The summed E-state index contributed by atoms with van der Waals surface area (Å²) in [6, 6.07) is 5.48. The van der Waals surface area contributed by atoms with Gasteiger partial charge in [-0.2, -0.15) is 0 Å². The average Bonchev–Trinajstić information content (AvgIpc) is 2.84. The Morgan fingerprint density at radius 1 is 1.35 bits per heavy atom. The van der Waals surface area contributed by atoms with Gasteiger partial charge in [0.25, 0.3) is 0 Å². The molecule has 2 rings (SSSR count). The lowest BCUT2D eigenvalue weighted by atomic mass is 10.0. The van der Waals surface area contributed by atoms with Crippen molar-refractivity contribution in [1.82, 2.24) is 4.98 Å². The van der Waals surface area contributed by atoms with Crippen molar-refractivity contribution in [1.29, 1.82) is 0 Å². The molecule has 1 atom stereocenters. The molecule has 0 radical (unpaired) electrons. The van der Waals surface area contributed by atoms with E-state index in [1.807, 2.05) is 18.2 Å². The van der Waals surface area contributed by atoms with E-state index in [0.29, 0.717) is 24.1 Å². The Hall–Kier alpha value is -1.55. The summed E-state index contributed by atoms with van der Waals surface area (Å²) in [6.07, 6.45) is 4.90. The minimum Gasteiger partial charge on any atom is -0.438 e. The molecule has 1 aromatic heterocycles. The van der Waals surface area contributed by atoms with Gasteiger partial charge < -0.3 is 14.9 Å². The number of fused-ring (bicyclic) bond motifs is 1. The van der Waals surface area contributed by atoms with Crippen molar-refractivity contribution < 1.29 is 9.15 Å². The number of aromatic nitrogens is 1. The quantitative estimate of drug-likeness (QED) is 0.736.